The van der Waals surface area contributed by atoms with Gasteiger partial charge in [0.2, 0.25) is 0 Å². The molecule has 2 rings (SSSR count). The molecule has 1 N–H and O–H groups in total. The van der Waals surface area contributed by atoms with E-state index in [1.165, 1.54) is 0 Å². The van der Waals surface area contributed by atoms with Gasteiger partial charge < -0.3 is 5.11 Å². The summed E-state index contributed by atoms with van der Waals surface area (Å²) in [6.45, 7) is 2.46. The minimum absolute atomic E-state index is 0.0818. The van der Waals surface area contributed by atoms with Crippen LogP contribution >= 0.6 is 0 Å². The van der Waals surface area contributed by atoms with Crippen molar-refractivity contribution >= 4 is 0 Å². The molecule has 0 aliphatic rings. The highest BCUT2D eigenvalue weighted by molar-refractivity contribution is 5.53. The third-order valence-corrected chi connectivity index (χ3v) is 2.20. The van der Waals surface area contributed by atoms with Crippen LogP contribution in [0.1, 0.15) is 5.82 Å². The minimum atomic E-state index is 0.0818. The average molecular weight is 203 g/mol. The van der Waals surface area contributed by atoms with Crippen molar-refractivity contribution in [1.82, 2.24) is 14.8 Å². The van der Waals surface area contributed by atoms with Gasteiger partial charge in [0.05, 0.1) is 13.2 Å². The topological polar surface area (TPSA) is 50.9 Å². The zero-order valence-corrected chi connectivity index (χ0v) is 8.59. The number of aliphatic hydroxyl groups excluding tert-OH is 1. The largest absolute Gasteiger partial charge is 0.394 e. The summed E-state index contributed by atoms with van der Waals surface area (Å²) in [6, 6.07) is 9.81. The Morgan fingerprint density at radius 3 is 2.67 bits per heavy atom. The highest BCUT2D eigenvalue weighted by atomic mass is 16.3. The van der Waals surface area contributed by atoms with Gasteiger partial charge in [-0.1, -0.05) is 30.3 Å². The van der Waals surface area contributed by atoms with Crippen LogP contribution in [-0.4, -0.2) is 26.5 Å². The molecule has 1 aromatic carbocycles. The molecule has 0 saturated heterocycles. The van der Waals surface area contributed by atoms with Crippen LogP contribution in [0.2, 0.25) is 0 Å². The molecule has 4 nitrogen and oxygen atoms in total. The standard InChI is InChI=1S/C11H13N3O/c1-9-12-11(13-14(9)7-8-15)10-5-3-2-4-6-10/h2-6,15H,7-8H2,1H3. The number of benzene rings is 1. The van der Waals surface area contributed by atoms with Gasteiger partial charge in [-0.15, -0.1) is 0 Å². The second kappa shape index (κ2) is 4.23. The highest BCUT2D eigenvalue weighted by Crippen LogP contribution is 2.14. The minimum Gasteiger partial charge on any atom is -0.394 e. The zero-order valence-electron chi connectivity index (χ0n) is 8.59. The number of hydrogen-bond donors (Lipinski definition) is 1. The summed E-state index contributed by atoms with van der Waals surface area (Å²) < 4.78 is 1.71. The van der Waals surface area contributed by atoms with E-state index >= 15 is 0 Å². The van der Waals surface area contributed by atoms with Crippen molar-refractivity contribution in [2.45, 2.75) is 13.5 Å². The van der Waals surface area contributed by atoms with E-state index in [2.05, 4.69) is 10.1 Å². The molecule has 0 aliphatic carbocycles. The first-order chi connectivity index (χ1) is 7.31. The molecule has 0 radical (unpaired) electrons. The van der Waals surface area contributed by atoms with E-state index in [9.17, 15) is 0 Å². The Balaban J connectivity index is 2.34. The fourth-order valence-electron chi connectivity index (χ4n) is 1.44. The summed E-state index contributed by atoms with van der Waals surface area (Å²) in [4.78, 5) is 4.34. The Labute approximate surface area is 88.2 Å². The van der Waals surface area contributed by atoms with Gasteiger partial charge in [-0.3, -0.25) is 0 Å². The molecule has 0 bridgehead atoms. The molecular formula is C11H13N3O. The van der Waals surface area contributed by atoms with Crippen molar-refractivity contribution in [2.75, 3.05) is 6.61 Å². The molecule has 0 amide bonds. The number of rotatable bonds is 3. The summed E-state index contributed by atoms with van der Waals surface area (Å²) in [5.41, 5.74) is 0.997. The van der Waals surface area contributed by atoms with E-state index in [0.29, 0.717) is 12.4 Å². The molecule has 2 aromatic rings. The van der Waals surface area contributed by atoms with Gasteiger partial charge in [0.25, 0.3) is 0 Å². The first-order valence-corrected chi connectivity index (χ1v) is 4.89. The fourth-order valence-corrected chi connectivity index (χ4v) is 1.44. The lowest BCUT2D eigenvalue weighted by atomic mass is 10.2. The number of aliphatic hydroxyl groups is 1. The van der Waals surface area contributed by atoms with E-state index in [4.69, 9.17) is 5.11 Å². The van der Waals surface area contributed by atoms with Crippen LogP contribution in [-0.2, 0) is 6.54 Å². The molecule has 1 heterocycles. The smallest absolute Gasteiger partial charge is 0.181 e. The van der Waals surface area contributed by atoms with Crippen LogP contribution in [0.5, 0.6) is 0 Å². The Bertz CT molecular complexity index is 436. The van der Waals surface area contributed by atoms with Gasteiger partial charge in [0.1, 0.15) is 5.82 Å². The Hall–Kier alpha value is -1.68. The Morgan fingerprint density at radius 1 is 1.27 bits per heavy atom. The van der Waals surface area contributed by atoms with Gasteiger partial charge in [0.15, 0.2) is 5.82 Å². The molecule has 78 valence electrons. The SMILES string of the molecule is Cc1nc(-c2ccccc2)nn1CCO. The second-order valence-electron chi connectivity index (χ2n) is 3.30. The van der Waals surface area contributed by atoms with Crippen molar-refractivity contribution in [1.29, 1.82) is 0 Å². The maximum atomic E-state index is 8.84. The van der Waals surface area contributed by atoms with Crippen molar-refractivity contribution in [3.63, 3.8) is 0 Å². The van der Waals surface area contributed by atoms with Crippen LogP contribution in [0.3, 0.4) is 0 Å². The summed E-state index contributed by atoms with van der Waals surface area (Å²) >= 11 is 0. The lowest BCUT2D eigenvalue weighted by Gasteiger charge is -1.97. The Kier molecular flexibility index (Phi) is 2.78. The maximum absolute atomic E-state index is 8.84. The average Bonchev–Trinajstić information content (AvgIpc) is 2.63. The van der Waals surface area contributed by atoms with Crippen molar-refractivity contribution in [2.24, 2.45) is 0 Å². The molecule has 0 saturated carbocycles. The number of aromatic nitrogens is 3. The van der Waals surface area contributed by atoms with E-state index in [0.717, 1.165) is 11.4 Å². The molecule has 0 unspecified atom stereocenters. The first-order valence-electron chi connectivity index (χ1n) is 4.89. The van der Waals surface area contributed by atoms with E-state index in [-0.39, 0.29) is 6.61 Å². The Morgan fingerprint density at radius 2 is 2.00 bits per heavy atom. The molecule has 15 heavy (non-hydrogen) atoms. The van der Waals surface area contributed by atoms with E-state index < -0.39 is 0 Å². The van der Waals surface area contributed by atoms with Crippen LogP contribution in [0.15, 0.2) is 30.3 Å². The van der Waals surface area contributed by atoms with E-state index in [1.54, 1.807) is 4.68 Å². The van der Waals surface area contributed by atoms with Gasteiger partial charge in [-0.05, 0) is 6.92 Å². The van der Waals surface area contributed by atoms with Gasteiger partial charge >= 0.3 is 0 Å². The van der Waals surface area contributed by atoms with Crippen molar-refractivity contribution < 1.29 is 5.11 Å². The third kappa shape index (κ3) is 2.05. The zero-order chi connectivity index (χ0) is 10.7. The summed E-state index contributed by atoms with van der Waals surface area (Å²) in [5, 5.41) is 13.2. The maximum Gasteiger partial charge on any atom is 0.181 e. The summed E-state index contributed by atoms with van der Waals surface area (Å²) in [5.74, 6) is 1.53. The van der Waals surface area contributed by atoms with Crippen molar-refractivity contribution in [3.05, 3.63) is 36.2 Å². The van der Waals surface area contributed by atoms with Crippen LogP contribution < -0.4 is 0 Å². The first kappa shape index (κ1) is 9.86. The van der Waals surface area contributed by atoms with Gasteiger partial charge in [-0.25, -0.2) is 9.67 Å². The molecule has 0 spiro atoms. The molecule has 1 aromatic heterocycles. The number of aryl methyl sites for hydroxylation is 1. The quantitative estimate of drug-likeness (QED) is 0.816. The molecular weight excluding hydrogens is 190 g/mol. The van der Waals surface area contributed by atoms with Gasteiger partial charge in [-0.2, -0.15) is 5.10 Å². The fraction of sp³-hybridized carbons (Fsp3) is 0.273. The molecule has 4 heteroatoms. The monoisotopic (exact) mass is 203 g/mol. The van der Waals surface area contributed by atoms with Crippen molar-refractivity contribution in [3.8, 4) is 11.4 Å². The van der Waals surface area contributed by atoms with E-state index in [1.807, 2.05) is 37.3 Å². The second-order valence-corrected chi connectivity index (χ2v) is 3.30. The molecule has 0 aliphatic heterocycles. The number of nitrogens with zero attached hydrogens (tertiary/aromatic N) is 3. The summed E-state index contributed by atoms with van der Waals surface area (Å²) in [7, 11) is 0. The summed E-state index contributed by atoms with van der Waals surface area (Å²) in [6.07, 6.45) is 0. The van der Waals surface area contributed by atoms with Gasteiger partial charge in [0, 0.05) is 5.56 Å². The number of hydrogen-bond acceptors (Lipinski definition) is 3. The van der Waals surface area contributed by atoms with Crippen LogP contribution in [0.4, 0.5) is 0 Å². The highest BCUT2D eigenvalue weighted by Gasteiger charge is 2.06. The molecule has 0 fully saturated rings. The predicted octanol–water partition coefficient (Wildman–Crippen LogP) is 1.25. The third-order valence-electron chi connectivity index (χ3n) is 2.20. The molecule has 0 atom stereocenters. The lowest BCUT2D eigenvalue weighted by molar-refractivity contribution is 0.268. The predicted molar refractivity (Wildman–Crippen MR) is 57.3 cm³/mol. The van der Waals surface area contributed by atoms with Crippen LogP contribution in [0.25, 0.3) is 11.4 Å². The lowest BCUT2D eigenvalue weighted by Crippen LogP contribution is -2.05. The normalized spacial score (nSPS) is 10.5. The van der Waals surface area contributed by atoms with Crippen LogP contribution in [0, 0.1) is 6.92 Å².